The minimum atomic E-state index is -0.781. The van der Waals surface area contributed by atoms with Crippen LogP contribution in [0.4, 0.5) is 0 Å². The first-order valence-corrected chi connectivity index (χ1v) is 7.29. The number of aryl methyl sites for hydroxylation is 1. The second-order valence-corrected chi connectivity index (χ2v) is 5.93. The molecule has 0 amide bonds. The highest BCUT2D eigenvalue weighted by molar-refractivity contribution is 5.67. The van der Waals surface area contributed by atoms with Crippen LogP contribution in [0.25, 0.3) is 0 Å². The average Bonchev–Trinajstić information content (AvgIpc) is 3.03. The second kappa shape index (κ2) is 5.91. The van der Waals surface area contributed by atoms with Gasteiger partial charge in [0.05, 0.1) is 6.10 Å². The lowest BCUT2D eigenvalue weighted by atomic mass is 9.95. The quantitative estimate of drug-likeness (QED) is 0.485. The highest BCUT2D eigenvalue weighted by atomic mass is 16.6. The van der Waals surface area contributed by atoms with Gasteiger partial charge in [-0.1, -0.05) is 42.2 Å². The van der Waals surface area contributed by atoms with Gasteiger partial charge in [0.15, 0.2) is 11.2 Å². The number of epoxide rings is 1. The van der Waals surface area contributed by atoms with Crippen molar-refractivity contribution >= 4 is 5.97 Å². The zero-order chi connectivity index (χ0) is 15.5. The normalized spacial score (nSPS) is 26.2. The predicted molar refractivity (Wildman–Crippen MR) is 81.7 cm³/mol. The molecule has 1 heterocycles. The van der Waals surface area contributed by atoms with Crippen molar-refractivity contribution in [3.05, 3.63) is 35.9 Å². The van der Waals surface area contributed by atoms with Gasteiger partial charge in [-0.2, -0.15) is 0 Å². The van der Waals surface area contributed by atoms with E-state index in [4.69, 9.17) is 9.47 Å². The summed E-state index contributed by atoms with van der Waals surface area (Å²) in [5, 5.41) is 0. The molecule has 1 aliphatic heterocycles. The summed E-state index contributed by atoms with van der Waals surface area (Å²) in [5.41, 5.74) is 0.0322. The van der Waals surface area contributed by atoms with Crippen LogP contribution >= 0.6 is 0 Å². The van der Waals surface area contributed by atoms with Gasteiger partial charge in [0, 0.05) is 13.3 Å². The number of hydrogen-bond acceptors (Lipinski definition) is 3. The summed E-state index contributed by atoms with van der Waals surface area (Å²) in [6.45, 7) is 7.22. The number of benzene rings is 1. The average molecular weight is 286 g/mol. The van der Waals surface area contributed by atoms with Crippen LogP contribution in [0.3, 0.4) is 0 Å². The van der Waals surface area contributed by atoms with Crippen molar-refractivity contribution < 1.29 is 14.3 Å². The minimum Gasteiger partial charge on any atom is -0.446 e. The molecule has 3 heteroatoms. The lowest BCUT2D eigenvalue weighted by molar-refractivity contribution is -0.150. The molecule has 1 saturated heterocycles. The van der Waals surface area contributed by atoms with Crippen LogP contribution in [-0.4, -0.2) is 23.3 Å². The zero-order valence-electron chi connectivity index (χ0n) is 13.1. The van der Waals surface area contributed by atoms with E-state index >= 15 is 0 Å². The van der Waals surface area contributed by atoms with Crippen LogP contribution < -0.4 is 0 Å². The molecule has 0 aromatic heterocycles. The molecule has 0 N–H and O–H groups in total. The highest BCUT2D eigenvalue weighted by Gasteiger charge is 2.48. The molecule has 0 spiro atoms. The predicted octanol–water partition coefficient (Wildman–Crippen LogP) is 3.12. The lowest BCUT2D eigenvalue weighted by Crippen LogP contribution is -2.30. The van der Waals surface area contributed by atoms with Gasteiger partial charge in [0.2, 0.25) is 0 Å². The number of ether oxygens (including phenoxy) is 2. The van der Waals surface area contributed by atoms with E-state index in [1.807, 2.05) is 39.0 Å². The van der Waals surface area contributed by atoms with E-state index in [0.717, 1.165) is 6.42 Å². The Hall–Kier alpha value is -1.79. The van der Waals surface area contributed by atoms with Crippen molar-refractivity contribution in [2.45, 2.75) is 57.8 Å². The largest absolute Gasteiger partial charge is 0.446 e. The molecule has 3 nitrogen and oxygen atoms in total. The summed E-state index contributed by atoms with van der Waals surface area (Å²) in [7, 11) is 0. The fourth-order valence-corrected chi connectivity index (χ4v) is 2.20. The maximum Gasteiger partial charge on any atom is 0.304 e. The van der Waals surface area contributed by atoms with E-state index in [2.05, 4.69) is 24.0 Å². The Morgan fingerprint density at radius 3 is 2.57 bits per heavy atom. The number of esters is 1. The third-order valence-corrected chi connectivity index (χ3v) is 3.82. The Kier molecular flexibility index (Phi) is 4.39. The van der Waals surface area contributed by atoms with Gasteiger partial charge in [-0.05, 0) is 32.8 Å². The first kappa shape index (κ1) is 15.6. The van der Waals surface area contributed by atoms with Crippen LogP contribution in [0.15, 0.2) is 30.3 Å². The van der Waals surface area contributed by atoms with Crippen LogP contribution in [0.5, 0.6) is 0 Å². The molecule has 1 aliphatic rings. The van der Waals surface area contributed by atoms with Crippen molar-refractivity contribution in [3.63, 3.8) is 0 Å². The summed E-state index contributed by atoms with van der Waals surface area (Å²) in [5.74, 6) is 5.92. The molecule has 2 rings (SSSR count). The standard InChI is InChI=1S/C18H22O3/c1-14-18(4,20-14)13-12-17(3,21-15(2)19)11-10-16-8-6-5-7-9-16/h5-9,14H,10-11H2,1-4H3. The molecule has 0 saturated carbocycles. The van der Waals surface area contributed by atoms with Crippen LogP contribution in [0, 0.1) is 11.8 Å². The molecule has 0 aliphatic carbocycles. The molecule has 3 unspecified atom stereocenters. The van der Waals surface area contributed by atoms with Gasteiger partial charge in [-0.15, -0.1) is 0 Å². The minimum absolute atomic E-state index is 0.140. The summed E-state index contributed by atoms with van der Waals surface area (Å²) < 4.78 is 10.9. The van der Waals surface area contributed by atoms with E-state index in [-0.39, 0.29) is 12.1 Å². The third-order valence-electron chi connectivity index (χ3n) is 3.82. The van der Waals surface area contributed by atoms with Gasteiger partial charge >= 0.3 is 5.97 Å². The fraction of sp³-hybridized carbons (Fsp3) is 0.500. The van der Waals surface area contributed by atoms with Crippen LogP contribution in [-0.2, 0) is 20.7 Å². The van der Waals surface area contributed by atoms with Crippen LogP contribution in [0.1, 0.15) is 39.7 Å². The molecule has 0 radical (unpaired) electrons. The molecule has 112 valence electrons. The van der Waals surface area contributed by atoms with E-state index in [1.54, 1.807) is 0 Å². The Bertz CT molecular complexity index is 569. The third kappa shape index (κ3) is 4.34. The van der Waals surface area contributed by atoms with Crippen molar-refractivity contribution in [3.8, 4) is 11.8 Å². The number of carbonyl (C=O) groups is 1. The van der Waals surface area contributed by atoms with Gasteiger partial charge < -0.3 is 9.47 Å². The highest BCUT2D eigenvalue weighted by Crippen LogP contribution is 2.35. The Morgan fingerprint density at radius 1 is 1.43 bits per heavy atom. The van der Waals surface area contributed by atoms with Gasteiger partial charge in [0.25, 0.3) is 0 Å². The summed E-state index contributed by atoms with van der Waals surface area (Å²) in [6.07, 6.45) is 1.61. The van der Waals surface area contributed by atoms with Gasteiger partial charge in [-0.3, -0.25) is 4.79 Å². The van der Waals surface area contributed by atoms with Crippen molar-refractivity contribution in [1.29, 1.82) is 0 Å². The molecular weight excluding hydrogens is 264 g/mol. The number of carbonyl (C=O) groups excluding carboxylic acids is 1. The Morgan fingerprint density at radius 2 is 2.05 bits per heavy atom. The van der Waals surface area contributed by atoms with Crippen molar-refractivity contribution in [2.75, 3.05) is 0 Å². The van der Waals surface area contributed by atoms with E-state index < -0.39 is 11.2 Å². The van der Waals surface area contributed by atoms with Crippen molar-refractivity contribution in [1.82, 2.24) is 0 Å². The summed E-state index contributed by atoms with van der Waals surface area (Å²) in [6, 6.07) is 10.1. The molecule has 0 bridgehead atoms. The van der Waals surface area contributed by atoms with Gasteiger partial charge in [0.1, 0.15) is 0 Å². The van der Waals surface area contributed by atoms with E-state index in [1.165, 1.54) is 12.5 Å². The monoisotopic (exact) mass is 286 g/mol. The van der Waals surface area contributed by atoms with E-state index in [9.17, 15) is 4.79 Å². The molecule has 3 atom stereocenters. The molecule has 21 heavy (non-hydrogen) atoms. The topological polar surface area (TPSA) is 38.8 Å². The van der Waals surface area contributed by atoms with E-state index in [0.29, 0.717) is 6.42 Å². The second-order valence-electron chi connectivity index (χ2n) is 5.93. The Labute approximate surface area is 126 Å². The lowest BCUT2D eigenvalue weighted by Gasteiger charge is -2.23. The maximum absolute atomic E-state index is 11.4. The summed E-state index contributed by atoms with van der Waals surface area (Å²) in [4.78, 5) is 11.4. The zero-order valence-corrected chi connectivity index (χ0v) is 13.1. The molecular formula is C18H22O3. The number of hydrogen-bond donors (Lipinski definition) is 0. The van der Waals surface area contributed by atoms with Crippen molar-refractivity contribution in [2.24, 2.45) is 0 Å². The molecule has 1 fully saturated rings. The fourth-order valence-electron chi connectivity index (χ4n) is 2.20. The van der Waals surface area contributed by atoms with Gasteiger partial charge in [-0.25, -0.2) is 0 Å². The SMILES string of the molecule is CC(=O)OC(C)(C#CC1(C)OC1C)CCc1ccccc1. The first-order valence-electron chi connectivity index (χ1n) is 7.29. The Balaban J connectivity index is 2.07. The van der Waals surface area contributed by atoms with Crippen LogP contribution in [0.2, 0.25) is 0 Å². The maximum atomic E-state index is 11.4. The number of rotatable bonds is 4. The summed E-state index contributed by atoms with van der Waals surface area (Å²) >= 11 is 0. The molecule has 1 aromatic rings. The smallest absolute Gasteiger partial charge is 0.304 e. The first-order chi connectivity index (χ1) is 9.83. The molecule has 1 aromatic carbocycles.